The highest BCUT2D eigenvalue weighted by Gasteiger charge is 2.30. The summed E-state index contributed by atoms with van der Waals surface area (Å²) in [5.74, 6) is -0.161. The molecule has 1 N–H and O–H groups in total. The highest BCUT2D eigenvalue weighted by Crippen LogP contribution is 2.29. The largest absolute Gasteiger partial charge is 0.416 e. The lowest BCUT2D eigenvalue weighted by Crippen LogP contribution is -2.19. The van der Waals surface area contributed by atoms with Crippen molar-refractivity contribution in [3.05, 3.63) is 53.7 Å². The summed E-state index contributed by atoms with van der Waals surface area (Å²) in [6.07, 6.45) is -0.601. The zero-order chi connectivity index (χ0) is 18.4. The monoisotopic (exact) mass is 351 g/mol. The van der Waals surface area contributed by atoms with Gasteiger partial charge in [-0.1, -0.05) is 13.3 Å². The molecular formula is C18H20F3N3O. The molecule has 0 unspecified atom stereocenters. The van der Waals surface area contributed by atoms with Crippen molar-refractivity contribution < 1.29 is 18.0 Å². The van der Waals surface area contributed by atoms with Crippen molar-refractivity contribution >= 4 is 17.4 Å². The van der Waals surface area contributed by atoms with Gasteiger partial charge in [-0.05, 0) is 42.8 Å². The fourth-order valence-corrected chi connectivity index (χ4v) is 2.21. The Labute approximate surface area is 144 Å². The third kappa shape index (κ3) is 5.20. The average Bonchev–Trinajstić information content (AvgIpc) is 2.59. The summed E-state index contributed by atoms with van der Waals surface area (Å²) in [6.45, 7) is 3.03. The zero-order valence-electron chi connectivity index (χ0n) is 14.1. The summed E-state index contributed by atoms with van der Waals surface area (Å²) in [6, 6.07) is 7.56. The van der Waals surface area contributed by atoms with E-state index < -0.39 is 17.6 Å². The van der Waals surface area contributed by atoms with E-state index in [1.54, 1.807) is 12.3 Å². The first-order valence-corrected chi connectivity index (χ1v) is 7.97. The number of benzene rings is 1. The molecule has 0 saturated carbocycles. The molecule has 2 aromatic rings. The Morgan fingerprint density at radius 1 is 1.16 bits per heavy atom. The van der Waals surface area contributed by atoms with Gasteiger partial charge in [-0.2, -0.15) is 13.2 Å². The van der Waals surface area contributed by atoms with Gasteiger partial charge < -0.3 is 10.2 Å². The van der Waals surface area contributed by atoms with Gasteiger partial charge in [0.1, 0.15) is 5.82 Å². The summed E-state index contributed by atoms with van der Waals surface area (Å²) in [7, 11) is 1.97. The highest BCUT2D eigenvalue weighted by molar-refractivity contribution is 6.03. The Hall–Kier alpha value is -2.57. The number of amides is 1. The van der Waals surface area contributed by atoms with Gasteiger partial charge >= 0.3 is 6.18 Å². The first-order valence-electron chi connectivity index (χ1n) is 7.97. The fourth-order valence-electron chi connectivity index (χ4n) is 2.21. The Morgan fingerprint density at radius 2 is 1.84 bits per heavy atom. The number of hydrogen-bond donors (Lipinski definition) is 1. The van der Waals surface area contributed by atoms with Gasteiger partial charge in [0, 0.05) is 19.2 Å². The second-order valence-corrected chi connectivity index (χ2v) is 5.71. The normalized spacial score (nSPS) is 11.2. The molecular weight excluding hydrogens is 331 g/mol. The number of carbonyl (C=O) groups is 1. The van der Waals surface area contributed by atoms with Crippen LogP contribution in [0.25, 0.3) is 0 Å². The van der Waals surface area contributed by atoms with Crippen molar-refractivity contribution in [3.8, 4) is 0 Å². The number of nitrogens with one attached hydrogen (secondary N) is 1. The lowest BCUT2D eigenvalue weighted by atomic mass is 10.1. The molecule has 134 valence electrons. The predicted molar refractivity (Wildman–Crippen MR) is 91.8 cm³/mol. The number of nitrogens with zero attached hydrogens (tertiary/aromatic N) is 2. The van der Waals surface area contributed by atoms with E-state index >= 15 is 0 Å². The number of halogens is 3. The lowest BCUT2D eigenvalue weighted by molar-refractivity contribution is -0.137. The van der Waals surface area contributed by atoms with Crippen molar-refractivity contribution in [2.75, 3.05) is 23.8 Å². The van der Waals surface area contributed by atoms with Crippen molar-refractivity contribution in [2.24, 2.45) is 0 Å². The van der Waals surface area contributed by atoms with E-state index in [0.717, 1.165) is 49.3 Å². The number of carbonyl (C=O) groups excluding carboxylic acids is 1. The quantitative estimate of drug-likeness (QED) is 0.828. The lowest BCUT2D eigenvalue weighted by Gasteiger charge is -2.18. The van der Waals surface area contributed by atoms with Gasteiger partial charge in [-0.3, -0.25) is 4.79 Å². The minimum absolute atomic E-state index is 0.138. The van der Waals surface area contributed by atoms with Crippen LogP contribution in [0, 0.1) is 0 Å². The van der Waals surface area contributed by atoms with Gasteiger partial charge in [0.25, 0.3) is 5.91 Å². The standard InChI is InChI=1S/C18H20F3N3O/c1-3-4-11-24(2)15-9-10-16(22-12-15)23-17(25)13-5-7-14(8-6-13)18(19,20)21/h5-10,12H,3-4,11H2,1-2H3,(H,22,23,25). The van der Waals surface area contributed by atoms with Crippen molar-refractivity contribution in [1.82, 2.24) is 4.98 Å². The van der Waals surface area contributed by atoms with E-state index in [2.05, 4.69) is 22.1 Å². The Morgan fingerprint density at radius 3 is 2.36 bits per heavy atom. The second kappa shape index (κ2) is 8.00. The number of anilines is 2. The molecule has 0 bridgehead atoms. The van der Waals surface area contributed by atoms with Crippen LogP contribution in [0.2, 0.25) is 0 Å². The number of aromatic nitrogens is 1. The van der Waals surface area contributed by atoms with Gasteiger partial charge in [-0.15, -0.1) is 0 Å². The number of hydrogen-bond acceptors (Lipinski definition) is 3. The molecule has 0 fully saturated rings. The number of rotatable bonds is 6. The number of unbranched alkanes of at least 4 members (excludes halogenated alkanes) is 1. The second-order valence-electron chi connectivity index (χ2n) is 5.71. The molecule has 1 aromatic carbocycles. The van der Waals surface area contributed by atoms with E-state index in [1.807, 2.05) is 13.1 Å². The molecule has 1 aromatic heterocycles. The minimum Gasteiger partial charge on any atom is -0.373 e. The van der Waals surface area contributed by atoms with Crippen LogP contribution in [0.15, 0.2) is 42.6 Å². The highest BCUT2D eigenvalue weighted by atomic mass is 19.4. The molecule has 0 radical (unpaired) electrons. The minimum atomic E-state index is -4.42. The summed E-state index contributed by atoms with van der Waals surface area (Å²) in [5.41, 5.74) is 0.279. The summed E-state index contributed by atoms with van der Waals surface area (Å²) in [5, 5.41) is 2.58. The molecule has 1 amide bonds. The van der Waals surface area contributed by atoms with Crippen LogP contribution in [-0.2, 0) is 6.18 Å². The molecule has 0 spiro atoms. The van der Waals surface area contributed by atoms with Crippen LogP contribution in [0.1, 0.15) is 35.7 Å². The average molecular weight is 351 g/mol. The molecule has 0 aliphatic carbocycles. The van der Waals surface area contributed by atoms with Crippen LogP contribution in [0.4, 0.5) is 24.7 Å². The first kappa shape index (κ1) is 18.8. The topological polar surface area (TPSA) is 45.2 Å². The van der Waals surface area contributed by atoms with Crippen molar-refractivity contribution in [2.45, 2.75) is 25.9 Å². The molecule has 25 heavy (non-hydrogen) atoms. The van der Waals surface area contributed by atoms with Crippen molar-refractivity contribution in [3.63, 3.8) is 0 Å². The van der Waals surface area contributed by atoms with E-state index in [1.165, 1.54) is 0 Å². The van der Waals surface area contributed by atoms with Crippen LogP contribution < -0.4 is 10.2 Å². The fraction of sp³-hybridized carbons (Fsp3) is 0.333. The van der Waals surface area contributed by atoms with Gasteiger partial charge in [0.15, 0.2) is 0 Å². The van der Waals surface area contributed by atoms with Crippen LogP contribution >= 0.6 is 0 Å². The third-order valence-electron chi connectivity index (χ3n) is 3.75. The number of pyridine rings is 1. The van der Waals surface area contributed by atoms with E-state index in [-0.39, 0.29) is 5.56 Å². The van der Waals surface area contributed by atoms with Crippen LogP contribution in [-0.4, -0.2) is 24.5 Å². The SMILES string of the molecule is CCCCN(C)c1ccc(NC(=O)c2ccc(C(F)(F)F)cc2)nc1. The summed E-state index contributed by atoms with van der Waals surface area (Å²) < 4.78 is 37.6. The summed E-state index contributed by atoms with van der Waals surface area (Å²) >= 11 is 0. The van der Waals surface area contributed by atoms with Crippen LogP contribution in [0.5, 0.6) is 0 Å². The number of alkyl halides is 3. The molecule has 0 saturated heterocycles. The van der Waals surface area contributed by atoms with Gasteiger partial charge in [0.05, 0.1) is 17.4 Å². The molecule has 7 heteroatoms. The van der Waals surface area contributed by atoms with E-state index in [4.69, 9.17) is 0 Å². The predicted octanol–water partition coefficient (Wildman–Crippen LogP) is 4.59. The Balaban J connectivity index is 2.00. The van der Waals surface area contributed by atoms with Gasteiger partial charge in [-0.25, -0.2) is 4.98 Å². The Kier molecular flexibility index (Phi) is 6.01. The molecule has 4 nitrogen and oxygen atoms in total. The third-order valence-corrected chi connectivity index (χ3v) is 3.75. The van der Waals surface area contributed by atoms with Gasteiger partial charge in [0.2, 0.25) is 0 Å². The van der Waals surface area contributed by atoms with Crippen molar-refractivity contribution in [1.29, 1.82) is 0 Å². The maximum atomic E-state index is 12.5. The maximum absolute atomic E-state index is 12.5. The first-order chi connectivity index (χ1) is 11.8. The zero-order valence-corrected chi connectivity index (χ0v) is 14.1. The molecule has 0 aliphatic rings. The molecule has 1 heterocycles. The Bertz CT molecular complexity index is 697. The van der Waals surface area contributed by atoms with E-state index in [0.29, 0.717) is 5.82 Å². The smallest absolute Gasteiger partial charge is 0.373 e. The molecule has 2 rings (SSSR count). The van der Waals surface area contributed by atoms with E-state index in [9.17, 15) is 18.0 Å². The maximum Gasteiger partial charge on any atom is 0.416 e. The molecule has 0 aliphatic heterocycles. The van der Waals surface area contributed by atoms with Crippen LogP contribution in [0.3, 0.4) is 0 Å². The summed E-state index contributed by atoms with van der Waals surface area (Å²) in [4.78, 5) is 18.3. The molecule has 0 atom stereocenters.